The normalized spacial score (nSPS) is 12.1. The first-order valence-corrected chi connectivity index (χ1v) is 10.8. The van der Waals surface area contributed by atoms with Crippen molar-refractivity contribution in [3.8, 4) is 5.75 Å². The number of allylic oxidation sites excluding steroid dienone is 2. The van der Waals surface area contributed by atoms with Gasteiger partial charge in [0.1, 0.15) is 17.3 Å². The molecule has 0 radical (unpaired) electrons. The summed E-state index contributed by atoms with van der Waals surface area (Å²) in [5, 5.41) is 0. The summed E-state index contributed by atoms with van der Waals surface area (Å²) in [7, 11) is 1.63. The zero-order chi connectivity index (χ0) is 23.0. The standard InChI is InChI=1S/C26H29BrFNO2/c1-7-21(25(8-2)31-10-4)26(27)22-14-13-20(30-6)16-24(22)29(9-3)17-19-12-11-18(5)23(28)15-19/h8-16H,3-4,7,17H2,1-2,5-6H3/b25-8-,26-21-. The van der Waals surface area contributed by atoms with Crippen molar-refractivity contribution in [3.63, 3.8) is 0 Å². The van der Waals surface area contributed by atoms with Crippen molar-refractivity contribution in [2.45, 2.75) is 33.7 Å². The summed E-state index contributed by atoms with van der Waals surface area (Å²) >= 11 is 3.79. The van der Waals surface area contributed by atoms with Crippen LogP contribution in [-0.2, 0) is 11.3 Å². The Bertz CT molecular complexity index is 1010. The number of ether oxygens (including phenoxy) is 2. The Morgan fingerprint density at radius 3 is 2.48 bits per heavy atom. The Morgan fingerprint density at radius 1 is 1.19 bits per heavy atom. The van der Waals surface area contributed by atoms with Crippen molar-refractivity contribution >= 4 is 26.1 Å². The monoisotopic (exact) mass is 485 g/mol. The molecule has 0 fully saturated rings. The van der Waals surface area contributed by atoms with Gasteiger partial charge >= 0.3 is 0 Å². The van der Waals surface area contributed by atoms with Crippen LogP contribution in [0.1, 0.15) is 37.0 Å². The number of hydrogen-bond acceptors (Lipinski definition) is 3. The van der Waals surface area contributed by atoms with E-state index in [1.54, 1.807) is 32.4 Å². The van der Waals surface area contributed by atoms with E-state index < -0.39 is 0 Å². The second-order valence-electron chi connectivity index (χ2n) is 6.86. The van der Waals surface area contributed by atoms with Crippen molar-refractivity contribution in [1.29, 1.82) is 0 Å². The molecule has 0 spiro atoms. The molecule has 0 unspecified atom stereocenters. The lowest BCUT2D eigenvalue weighted by Crippen LogP contribution is -2.17. The summed E-state index contributed by atoms with van der Waals surface area (Å²) in [5.74, 6) is 1.23. The lowest BCUT2D eigenvalue weighted by atomic mass is 10.0. The number of hydrogen-bond donors (Lipinski definition) is 0. The van der Waals surface area contributed by atoms with Crippen LogP contribution in [0.4, 0.5) is 10.1 Å². The first-order chi connectivity index (χ1) is 14.9. The fourth-order valence-electron chi connectivity index (χ4n) is 3.24. The molecule has 0 amide bonds. The minimum atomic E-state index is -0.221. The number of nitrogens with zero attached hydrogens (tertiary/aromatic N) is 1. The summed E-state index contributed by atoms with van der Waals surface area (Å²) in [5.41, 5.74) is 4.28. The lowest BCUT2D eigenvalue weighted by Gasteiger charge is -2.25. The van der Waals surface area contributed by atoms with Crippen LogP contribution < -0.4 is 9.64 Å². The molecule has 2 rings (SSSR count). The third kappa shape index (κ3) is 5.88. The maximum atomic E-state index is 14.1. The zero-order valence-electron chi connectivity index (χ0n) is 18.5. The number of aryl methyl sites for hydroxylation is 1. The fourth-order valence-corrected chi connectivity index (χ4v) is 4.06. The summed E-state index contributed by atoms with van der Waals surface area (Å²) in [6.07, 6.45) is 5.81. The molecule has 2 aromatic carbocycles. The van der Waals surface area contributed by atoms with Gasteiger partial charge in [-0.25, -0.2) is 4.39 Å². The average molecular weight is 486 g/mol. The van der Waals surface area contributed by atoms with E-state index in [4.69, 9.17) is 9.47 Å². The van der Waals surface area contributed by atoms with Crippen LogP contribution in [0.3, 0.4) is 0 Å². The SMILES string of the molecule is C=COC(=C\C)/C(CC)=C(\Br)c1ccc(OC)cc1N(C=C)Cc1ccc(C)c(F)c1. The fraction of sp³-hybridized carbons (Fsp3) is 0.231. The molecule has 2 aromatic rings. The van der Waals surface area contributed by atoms with Crippen molar-refractivity contribution in [3.05, 3.63) is 102 Å². The molecule has 0 saturated carbocycles. The van der Waals surface area contributed by atoms with Gasteiger partial charge in [0.05, 0.1) is 19.1 Å². The predicted octanol–water partition coefficient (Wildman–Crippen LogP) is 7.87. The molecule has 0 N–H and O–H groups in total. The summed E-state index contributed by atoms with van der Waals surface area (Å²) in [6, 6.07) is 11.1. The molecule has 0 aromatic heterocycles. The maximum Gasteiger partial charge on any atom is 0.126 e. The molecule has 31 heavy (non-hydrogen) atoms. The van der Waals surface area contributed by atoms with E-state index in [1.165, 1.54) is 6.26 Å². The van der Waals surface area contributed by atoms with Crippen LogP contribution in [0.2, 0.25) is 0 Å². The number of halogens is 2. The Hall–Kier alpha value is -2.79. The van der Waals surface area contributed by atoms with Crippen molar-refractivity contribution in [2.24, 2.45) is 0 Å². The van der Waals surface area contributed by atoms with Crippen molar-refractivity contribution < 1.29 is 13.9 Å². The maximum absolute atomic E-state index is 14.1. The molecular formula is C26H29BrFNO2. The summed E-state index contributed by atoms with van der Waals surface area (Å²) in [6.45, 7) is 13.9. The molecule has 0 aliphatic rings. The number of rotatable bonds is 10. The Kier molecular flexibility index (Phi) is 9.13. The zero-order valence-corrected chi connectivity index (χ0v) is 20.1. The van der Waals surface area contributed by atoms with Crippen LogP contribution in [-0.4, -0.2) is 7.11 Å². The highest BCUT2D eigenvalue weighted by Crippen LogP contribution is 2.39. The molecule has 0 aliphatic carbocycles. The lowest BCUT2D eigenvalue weighted by molar-refractivity contribution is 0.360. The number of benzene rings is 2. The first kappa shape index (κ1) is 24.5. The highest BCUT2D eigenvalue weighted by Gasteiger charge is 2.18. The van der Waals surface area contributed by atoms with E-state index in [9.17, 15) is 4.39 Å². The molecule has 0 aliphatic heterocycles. The summed E-state index contributed by atoms with van der Waals surface area (Å²) < 4.78 is 26.1. The molecule has 0 atom stereocenters. The molecule has 5 heteroatoms. The van der Waals surface area contributed by atoms with Crippen LogP contribution in [0, 0.1) is 12.7 Å². The van der Waals surface area contributed by atoms with Gasteiger partial charge in [0.25, 0.3) is 0 Å². The molecule has 3 nitrogen and oxygen atoms in total. The highest BCUT2D eigenvalue weighted by atomic mass is 79.9. The first-order valence-electron chi connectivity index (χ1n) is 10.1. The minimum absolute atomic E-state index is 0.221. The van der Waals surface area contributed by atoms with Gasteiger partial charge in [-0.1, -0.05) is 32.2 Å². The van der Waals surface area contributed by atoms with Gasteiger partial charge in [0, 0.05) is 28.2 Å². The topological polar surface area (TPSA) is 21.7 Å². The largest absolute Gasteiger partial charge is 0.497 e. The highest BCUT2D eigenvalue weighted by molar-refractivity contribution is 9.15. The number of methoxy groups -OCH3 is 1. The van der Waals surface area contributed by atoms with E-state index in [0.29, 0.717) is 17.9 Å². The average Bonchev–Trinajstić information content (AvgIpc) is 2.79. The van der Waals surface area contributed by atoms with Gasteiger partial charge in [-0.2, -0.15) is 0 Å². The van der Waals surface area contributed by atoms with Gasteiger partial charge in [-0.15, -0.1) is 0 Å². The predicted molar refractivity (Wildman–Crippen MR) is 132 cm³/mol. The van der Waals surface area contributed by atoms with E-state index in [2.05, 4.69) is 36.0 Å². The van der Waals surface area contributed by atoms with E-state index in [0.717, 1.165) is 39.0 Å². The third-order valence-electron chi connectivity index (χ3n) is 4.95. The minimum Gasteiger partial charge on any atom is -0.497 e. The van der Waals surface area contributed by atoms with E-state index in [1.807, 2.05) is 42.2 Å². The van der Waals surface area contributed by atoms with Crippen LogP contribution in [0.25, 0.3) is 4.48 Å². The quantitative estimate of drug-likeness (QED) is 0.252. The van der Waals surface area contributed by atoms with Gasteiger partial charge < -0.3 is 14.4 Å². The van der Waals surface area contributed by atoms with Crippen LogP contribution >= 0.6 is 15.9 Å². The molecule has 0 bridgehead atoms. The molecular weight excluding hydrogens is 457 g/mol. The Balaban J connectivity index is 2.62. The second-order valence-corrected chi connectivity index (χ2v) is 7.65. The third-order valence-corrected chi connectivity index (χ3v) is 5.85. The van der Waals surface area contributed by atoms with E-state index >= 15 is 0 Å². The van der Waals surface area contributed by atoms with Crippen molar-refractivity contribution in [2.75, 3.05) is 12.0 Å². The van der Waals surface area contributed by atoms with Crippen LogP contribution in [0.5, 0.6) is 5.75 Å². The van der Waals surface area contributed by atoms with E-state index in [-0.39, 0.29) is 5.82 Å². The van der Waals surface area contributed by atoms with Gasteiger partial charge in [-0.3, -0.25) is 0 Å². The molecule has 0 saturated heterocycles. The van der Waals surface area contributed by atoms with Crippen LogP contribution in [0.15, 0.2) is 79.4 Å². The van der Waals surface area contributed by atoms with Crippen molar-refractivity contribution in [1.82, 2.24) is 0 Å². The van der Waals surface area contributed by atoms with Gasteiger partial charge in [0.15, 0.2) is 0 Å². The Labute approximate surface area is 193 Å². The Morgan fingerprint density at radius 2 is 1.94 bits per heavy atom. The van der Waals surface area contributed by atoms with Gasteiger partial charge in [-0.05, 0) is 77.8 Å². The summed E-state index contributed by atoms with van der Waals surface area (Å²) in [4.78, 5) is 1.97. The molecule has 164 valence electrons. The molecule has 0 heterocycles. The smallest absolute Gasteiger partial charge is 0.126 e. The second kappa shape index (κ2) is 11.6. The number of anilines is 1. The van der Waals surface area contributed by atoms with Gasteiger partial charge in [0.2, 0.25) is 0 Å².